The summed E-state index contributed by atoms with van der Waals surface area (Å²) in [6.07, 6.45) is 1.94. The van der Waals surface area contributed by atoms with Gasteiger partial charge >= 0.3 is 0 Å². The third-order valence-corrected chi connectivity index (χ3v) is 4.30. The summed E-state index contributed by atoms with van der Waals surface area (Å²) in [5.74, 6) is 0.628. The average molecular weight is 381 g/mol. The molecule has 1 aliphatic rings. The maximum absolute atomic E-state index is 12.4. The Hall–Kier alpha value is -1.75. The van der Waals surface area contributed by atoms with Crippen molar-refractivity contribution >= 4 is 29.9 Å². The topological polar surface area (TPSA) is 50.4 Å². The lowest BCUT2D eigenvalue weighted by Crippen LogP contribution is -2.42. The van der Waals surface area contributed by atoms with Gasteiger partial charge in [0.15, 0.2) is 0 Å². The van der Waals surface area contributed by atoms with Crippen molar-refractivity contribution in [2.75, 3.05) is 13.1 Å². The average Bonchev–Trinajstić information content (AvgIpc) is 2.61. The lowest BCUT2D eigenvalue weighted by atomic mass is 10.1. The second-order valence-corrected chi connectivity index (χ2v) is 6.38. The van der Waals surface area contributed by atoms with Gasteiger partial charge in [0.05, 0.1) is 0 Å². The summed E-state index contributed by atoms with van der Waals surface area (Å²) in [6, 6.07) is 15.1. The van der Waals surface area contributed by atoms with E-state index < -0.39 is 0 Å². The molecule has 0 radical (unpaired) electrons. The number of hydrogen-bond donors (Lipinski definition) is 2. The molecule has 1 aliphatic heterocycles. The number of amides is 1. The number of halogens is 2. The molecule has 2 N–H and O–H groups in total. The molecule has 2 aromatic rings. The maximum Gasteiger partial charge on any atom is 0.251 e. The van der Waals surface area contributed by atoms with Gasteiger partial charge in [-0.05, 0) is 61.8 Å². The summed E-state index contributed by atoms with van der Waals surface area (Å²) in [7, 11) is 0. The Morgan fingerprint density at radius 3 is 2.68 bits per heavy atom. The van der Waals surface area contributed by atoms with E-state index in [1.54, 1.807) is 6.07 Å². The number of benzene rings is 2. The Morgan fingerprint density at radius 2 is 1.92 bits per heavy atom. The summed E-state index contributed by atoms with van der Waals surface area (Å²) in [4.78, 5) is 12.4. The molecule has 0 unspecified atom stereocenters. The minimum Gasteiger partial charge on any atom is -0.489 e. The van der Waals surface area contributed by atoms with Gasteiger partial charge in [-0.3, -0.25) is 4.79 Å². The maximum atomic E-state index is 12.4. The SMILES string of the molecule is Cl.O=C(NC1CCNCC1)c1cccc(OCc2cccc(Cl)c2)c1. The van der Waals surface area contributed by atoms with Gasteiger partial charge in [-0.1, -0.05) is 29.8 Å². The second kappa shape index (κ2) is 9.66. The number of carbonyl (C=O) groups excluding carboxylic acids is 1. The molecule has 0 aliphatic carbocycles. The van der Waals surface area contributed by atoms with Gasteiger partial charge in [-0.25, -0.2) is 0 Å². The van der Waals surface area contributed by atoms with E-state index in [-0.39, 0.29) is 24.4 Å². The molecule has 1 heterocycles. The van der Waals surface area contributed by atoms with E-state index in [1.807, 2.05) is 42.5 Å². The molecule has 2 aromatic carbocycles. The third kappa shape index (κ3) is 5.92. The van der Waals surface area contributed by atoms with Crippen molar-refractivity contribution in [1.29, 1.82) is 0 Å². The Bertz CT molecular complexity index is 703. The van der Waals surface area contributed by atoms with E-state index in [9.17, 15) is 4.79 Å². The highest BCUT2D eigenvalue weighted by atomic mass is 35.5. The van der Waals surface area contributed by atoms with Gasteiger partial charge in [-0.2, -0.15) is 0 Å². The molecule has 0 saturated carbocycles. The smallest absolute Gasteiger partial charge is 0.251 e. The number of ether oxygens (including phenoxy) is 1. The highest BCUT2D eigenvalue weighted by molar-refractivity contribution is 6.30. The molecule has 3 rings (SSSR count). The largest absolute Gasteiger partial charge is 0.489 e. The van der Waals surface area contributed by atoms with Crippen molar-refractivity contribution in [3.8, 4) is 5.75 Å². The molecule has 25 heavy (non-hydrogen) atoms. The van der Waals surface area contributed by atoms with Crippen molar-refractivity contribution < 1.29 is 9.53 Å². The van der Waals surface area contributed by atoms with Gasteiger partial charge in [0.2, 0.25) is 0 Å². The minimum absolute atomic E-state index is 0. The zero-order valence-electron chi connectivity index (χ0n) is 13.8. The fourth-order valence-electron chi connectivity index (χ4n) is 2.76. The molecule has 0 spiro atoms. The Balaban J connectivity index is 0.00000225. The van der Waals surface area contributed by atoms with Gasteiger partial charge in [0.25, 0.3) is 5.91 Å². The van der Waals surface area contributed by atoms with Crippen LogP contribution in [0.3, 0.4) is 0 Å². The summed E-state index contributed by atoms with van der Waals surface area (Å²) < 4.78 is 5.78. The number of hydrogen-bond acceptors (Lipinski definition) is 3. The zero-order valence-corrected chi connectivity index (χ0v) is 15.4. The van der Waals surface area contributed by atoms with Crippen LogP contribution in [0.25, 0.3) is 0 Å². The first-order chi connectivity index (χ1) is 11.7. The molecule has 0 bridgehead atoms. The molecule has 134 valence electrons. The van der Waals surface area contributed by atoms with E-state index in [0.29, 0.717) is 22.9 Å². The minimum atomic E-state index is -0.0462. The lowest BCUT2D eigenvalue weighted by Gasteiger charge is -2.23. The van der Waals surface area contributed by atoms with E-state index >= 15 is 0 Å². The monoisotopic (exact) mass is 380 g/mol. The van der Waals surface area contributed by atoms with Gasteiger partial charge in [0.1, 0.15) is 12.4 Å². The Morgan fingerprint density at radius 1 is 1.16 bits per heavy atom. The van der Waals surface area contributed by atoms with E-state index in [1.165, 1.54) is 0 Å². The Kier molecular flexibility index (Phi) is 7.56. The molecule has 1 amide bonds. The van der Waals surface area contributed by atoms with Crippen LogP contribution < -0.4 is 15.4 Å². The van der Waals surface area contributed by atoms with Crippen LogP contribution in [0.2, 0.25) is 5.02 Å². The molecular weight excluding hydrogens is 359 g/mol. The van der Waals surface area contributed by atoms with Crippen LogP contribution in [0.5, 0.6) is 5.75 Å². The van der Waals surface area contributed by atoms with Crippen LogP contribution in [-0.2, 0) is 6.61 Å². The normalized spacial score (nSPS) is 14.4. The van der Waals surface area contributed by atoms with Crippen LogP contribution in [0.4, 0.5) is 0 Å². The molecule has 1 fully saturated rings. The van der Waals surface area contributed by atoms with Crippen molar-refractivity contribution in [2.45, 2.75) is 25.5 Å². The molecular formula is C19H22Cl2N2O2. The van der Waals surface area contributed by atoms with Crippen molar-refractivity contribution in [3.63, 3.8) is 0 Å². The number of piperidine rings is 1. The van der Waals surface area contributed by atoms with Gasteiger partial charge in [-0.15, -0.1) is 12.4 Å². The van der Waals surface area contributed by atoms with Crippen LogP contribution in [0.15, 0.2) is 48.5 Å². The van der Waals surface area contributed by atoms with Crippen LogP contribution in [-0.4, -0.2) is 25.0 Å². The van der Waals surface area contributed by atoms with Crippen LogP contribution in [0, 0.1) is 0 Å². The van der Waals surface area contributed by atoms with Crippen LogP contribution in [0.1, 0.15) is 28.8 Å². The fraction of sp³-hybridized carbons (Fsp3) is 0.316. The summed E-state index contributed by atoms with van der Waals surface area (Å²) in [6.45, 7) is 2.32. The summed E-state index contributed by atoms with van der Waals surface area (Å²) in [5, 5.41) is 7.07. The quantitative estimate of drug-likeness (QED) is 0.828. The van der Waals surface area contributed by atoms with E-state index in [4.69, 9.17) is 16.3 Å². The molecule has 0 atom stereocenters. The number of carbonyl (C=O) groups is 1. The highest BCUT2D eigenvalue weighted by Crippen LogP contribution is 2.17. The van der Waals surface area contributed by atoms with E-state index in [2.05, 4.69) is 10.6 Å². The van der Waals surface area contributed by atoms with E-state index in [0.717, 1.165) is 31.5 Å². The first-order valence-electron chi connectivity index (χ1n) is 8.19. The molecule has 0 aromatic heterocycles. The van der Waals surface area contributed by atoms with Crippen molar-refractivity contribution in [2.24, 2.45) is 0 Å². The van der Waals surface area contributed by atoms with Crippen LogP contribution >= 0.6 is 24.0 Å². The van der Waals surface area contributed by atoms with Crippen molar-refractivity contribution in [1.82, 2.24) is 10.6 Å². The number of rotatable bonds is 5. The van der Waals surface area contributed by atoms with Gasteiger partial charge in [0, 0.05) is 16.6 Å². The lowest BCUT2D eigenvalue weighted by molar-refractivity contribution is 0.0929. The van der Waals surface area contributed by atoms with Gasteiger partial charge < -0.3 is 15.4 Å². The summed E-state index contributed by atoms with van der Waals surface area (Å²) in [5.41, 5.74) is 1.61. The highest BCUT2D eigenvalue weighted by Gasteiger charge is 2.16. The predicted molar refractivity (Wildman–Crippen MR) is 103 cm³/mol. The summed E-state index contributed by atoms with van der Waals surface area (Å²) >= 11 is 5.97. The zero-order chi connectivity index (χ0) is 16.8. The fourth-order valence-corrected chi connectivity index (χ4v) is 2.97. The van der Waals surface area contributed by atoms with Crippen molar-refractivity contribution in [3.05, 3.63) is 64.7 Å². The molecule has 6 heteroatoms. The number of nitrogens with one attached hydrogen (secondary N) is 2. The predicted octanol–water partition coefficient (Wildman–Crippen LogP) is 3.82. The third-order valence-electron chi connectivity index (χ3n) is 4.07. The standard InChI is InChI=1S/C19H21ClN2O2.ClH/c20-16-5-1-3-14(11-16)13-24-18-6-2-4-15(12-18)19(23)22-17-7-9-21-10-8-17;/h1-6,11-12,17,21H,7-10,13H2,(H,22,23);1H. The molecule has 4 nitrogen and oxygen atoms in total. The first kappa shape index (κ1) is 19.6. The Labute approximate surface area is 159 Å². The first-order valence-corrected chi connectivity index (χ1v) is 8.57. The second-order valence-electron chi connectivity index (χ2n) is 5.94. The molecule has 1 saturated heterocycles.